The summed E-state index contributed by atoms with van der Waals surface area (Å²) in [4.78, 5) is 5.53. The second-order valence-electron chi connectivity index (χ2n) is 10.5. The molecule has 9 heteroatoms. The van der Waals surface area contributed by atoms with E-state index in [0.717, 1.165) is 22.1 Å². The molecule has 5 heterocycles. The van der Waals surface area contributed by atoms with E-state index in [1.54, 1.807) is 8.79 Å². The Morgan fingerprint density at radius 3 is 1.51 bits per heavy atom. The van der Waals surface area contributed by atoms with E-state index in [2.05, 4.69) is 93.1 Å². The zero-order chi connectivity index (χ0) is 25.9. The first-order valence-corrected chi connectivity index (χ1v) is 22.0. The first-order chi connectivity index (χ1) is 19.1. The standard InChI is InChI=1S/C30H18GeN4S4/c1-31(2)19-13-23(25-17-9-5-3-7-15(17)11-21-27(25)34-38-32-21)36-29(19)30-20(31)14-24(37-30)26-18-10-6-4-8-16(18)12-22-28(26)35-39-33-22/h3-14H,1-2H3. The Morgan fingerprint density at radius 2 is 1.03 bits per heavy atom. The van der Waals surface area contributed by atoms with Gasteiger partial charge >= 0.3 is 244 Å². The van der Waals surface area contributed by atoms with Crippen molar-refractivity contribution in [2.75, 3.05) is 0 Å². The van der Waals surface area contributed by atoms with Gasteiger partial charge in [-0.3, -0.25) is 0 Å². The van der Waals surface area contributed by atoms with Gasteiger partial charge in [-0.1, -0.05) is 0 Å². The van der Waals surface area contributed by atoms with Gasteiger partial charge in [-0.2, -0.15) is 0 Å². The molecule has 4 aromatic heterocycles. The molecule has 0 saturated heterocycles. The molecule has 4 aromatic carbocycles. The molecule has 0 amide bonds. The van der Waals surface area contributed by atoms with E-state index in [-0.39, 0.29) is 0 Å². The van der Waals surface area contributed by atoms with Crippen LogP contribution >= 0.6 is 46.1 Å². The third kappa shape index (κ3) is 3.09. The van der Waals surface area contributed by atoms with Gasteiger partial charge in [0.2, 0.25) is 0 Å². The summed E-state index contributed by atoms with van der Waals surface area (Å²) in [5.74, 6) is 5.09. The zero-order valence-electron chi connectivity index (χ0n) is 20.9. The summed E-state index contributed by atoms with van der Waals surface area (Å²) in [5.41, 5.74) is 6.47. The van der Waals surface area contributed by atoms with Crippen molar-refractivity contribution >= 4 is 112 Å². The van der Waals surface area contributed by atoms with E-state index >= 15 is 0 Å². The topological polar surface area (TPSA) is 51.6 Å². The number of benzene rings is 4. The first kappa shape index (κ1) is 22.8. The number of aromatic nitrogens is 4. The minimum absolute atomic E-state index is 0.985. The van der Waals surface area contributed by atoms with Crippen molar-refractivity contribution in [1.29, 1.82) is 0 Å². The summed E-state index contributed by atoms with van der Waals surface area (Å²) in [5, 5.41) is 4.95. The molecule has 0 unspecified atom stereocenters. The van der Waals surface area contributed by atoms with Gasteiger partial charge in [0.15, 0.2) is 0 Å². The molecular formula is C30H18GeN4S4. The summed E-state index contributed by atoms with van der Waals surface area (Å²) < 4.78 is 21.9. The Kier molecular flexibility index (Phi) is 4.68. The monoisotopic (exact) mass is 636 g/mol. The van der Waals surface area contributed by atoms with Crippen molar-refractivity contribution in [1.82, 2.24) is 17.5 Å². The van der Waals surface area contributed by atoms with Gasteiger partial charge in [0.05, 0.1) is 0 Å². The van der Waals surface area contributed by atoms with E-state index in [1.165, 1.54) is 75.6 Å². The van der Waals surface area contributed by atoms with E-state index in [4.69, 9.17) is 8.75 Å². The van der Waals surface area contributed by atoms with Crippen molar-refractivity contribution in [2.24, 2.45) is 0 Å². The Morgan fingerprint density at radius 1 is 0.564 bits per heavy atom. The number of fused-ring (bicyclic) bond motifs is 7. The fraction of sp³-hybridized carbons (Fsp3) is 0.0667. The van der Waals surface area contributed by atoms with Crippen LogP contribution in [-0.2, 0) is 0 Å². The van der Waals surface area contributed by atoms with Crippen LogP contribution in [0.1, 0.15) is 0 Å². The Balaban J connectivity index is 1.29. The molecule has 0 fully saturated rings. The minimum atomic E-state index is -2.52. The summed E-state index contributed by atoms with van der Waals surface area (Å²) in [6, 6.07) is 26.6. The van der Waals surface area contributed by atoms with Gasteiger partial charge in [0.25, 0.3) is 0 Å². The molecule has 8 aromatic rings. The van der Waals surface area contributed by atoms with Crippen molar-refractivity contribution in [2.45, 2.75) is 11.5 Å². The van der Waals surface area contributed by atoms with Crippen LogP contribution in [0.3, 0.4) is 0 Å². The average Bonchev–Trinajstić information content (AvgIpc) is 3.76. The third-order valence-corrected chi connectivity index (χ3v) is 19.7. The maximum atomic E-state index is 4.75. The van der Waals surface area contributed by atoms with Crippen LogP contribution < -0.4 is 8.79 Å². The second-order valence-corrected chi connectivity index (χ2v) is 22.8. The van der Waals surface area contributed by atoms with Gasteiger partial charge in [0, 0.05) is 0 Å². The molecule has 39 heavy (non-hydrogen) atoms. The molecule has 0 radical (unpaired) electrons. The number of hydrogen-bond acceptors (Lipinski definition) is 8. The van der Waals surface area contributed by atoms with Crippen molar-refractivity contribution in [3.63, 3.8) is 0 Å². The van der Waals surface area contributed by atoms with Gasteiger partial charge in [0.1, 0.15) is 0 Å². The summed E-state index contributed by atoms with van der Waals surface area (Å²) in [6.45, 7) is 0. The second kappa shape index (κ2) is 8.02. The molecule has 0 N–H and O–H groups in total. The predicted molar refractivity (Wildman–Crippen MR) is 172 cm³/mol. The molecule has 0 bridgehead atoms. The quantitative estimate of drug-likeness (QED) is 0.180. The van der Waals surface area contributed by atoms with Crippen LogP contribution in [0.4, 0.5) is 0 Å². The van der Waals surface area contributed by atoms with Crippen LogP contribution in [0.25, 0.3) is 74.2 Å². The van der Waals surface area contributed by atoms with E-state index in [1.807, 2.05) is 22.7 Å². The molecule has 0 spiro atoms. The first-order valence-electron chi connectivity index (χ1n) is 12.7. The fourth-order valence-electron chi connectivity index (χ4n) is 6.12. The molecule has 4 nitrogen and oxygen atoms in total. The van der Waals surface area contributed by atoms with Crippen LogP contribution in [0.2, 0.25) is 11.5 Å². The van der Waals surface area contributed by atoms with Crippen molar-refractivity contribution < 1.29 is 0 Å². The Hall–Kier alpha value is -3.02. The summed E-state index contributed by atoms with van der Waals surface area (Å²) in [6.07, 6.45) is 0. The van der Waals surface area contributed by atoms with Crippen molar-refractivity contribution in [3.8, 4) is 30.6 Å². The maximum absolute atomic E-state index is 4.75. The summed E-state index contributed by atoms with van der Waals surface area (Å²) >= 11 is 3.97. The SMILES string of the molecule is [CH3][Ge]1([CH3])[c]2cc(-c3c4ccccc4cc4nsnc34)sc2-c2sc(-c3c4ccccc4cc4nsnc34)c[c]21. The molecule has 1 aliphatic rings. The van der Waals surface area contributed by atoms with Crippen LogP contribution in [0.5, 0.6) is 0 Å². The number of nitrogens with zero attached hydrogens (tertiary/aromatic N) is 4. The number of rotatable bonds is 2. The molecule has 0 saturated carbocycles. The summed E-state index contributed by atoms with van der Waals surface area (Å²) in [7, 11) is 0. The van der Waals surface area contributed by atoms with Crippen LogP contribution in [0, 0.1) is 0 Å². The van der Waals surface area contributed by atoms with E-state index in [0.29, 0.717) is 0 Å². The van der Waals surface area contributed by atoms with Gasteiger partial charge in [-0.15, -0.1) is 0 Å². The molecule has 0 atom stereocenters. The molecule has 186 valence electrons. The normalized spacial score (nSPS) is 14.1. The Bertz CT molecular complexity index is 2130. The molecule has 9 rings (SSSR count). The third-order valence-electron chi connectivity index (χ3n) is 8.06. The van der Waals surface area contributed by atoms with Gasteiger partial charge in [-0.25, -0.2) is 0 Å². The average molecular weight is 635 g/mol. The van der Waals surface area contributed by atoms with E-state index in [9.17, 15) is 0 Å². The fourth-order valence-corrected chi connectivity index (χ4v) is 19.3. The van der Waals surface area contributed by atoms with Crippen LogP contribution in [-0.4, -0.2) is 30.8 Å². The molecular weight excluding hydrogens is 617 g/mol. The Labute approximate surface area is 242 Å². The predicted octanol–water partition coefficient (Wildman–Crippen LogP) is 8.26. The van der Waals surface area contributed by atoms with Gasteiger partial charge < -0.3 is 0 Å². The van der Waals surface area contributed by atoms with Gasteiger partial charge in [-0.05, 0) is 0 Å². The molecule has 0 aliphatic carbocycles. The van der Waals surface area contributed by atoms with Crippen LogP contribution in [0.15, 0.2) is 72.8 Å². The number of hydrogen-bond donors (Lipinski definition) is 0. The molecule has 1 aliphatic heterocycles. The zero-order valence-corrected chi connectivity index (χ0v) is 26.2. The van der Waals surface area contributed by atoms with E-state index < -0.39 is 13.3 Å². The van der Waals surface area contributed by atoms with Crippen molar-refractivity contribution in [3.05, 3.63) is 72.8 Å². The number of thiophene rings is 2.